The highest BCUT2D eigenvalue weighted by Gasteiger charge is 2.16. The van der Waals surface area contributed by atoms with E-state index >= 15 is 0 Å². The maximum Gasteiger partial charge on any atom is 0.0305 e. The maximum absolute atomic E-state index is 3.79. The number of aryl methyl sites for hydroxylation is 1. The lowest BCUT2D eigenvalue weighted by Crippen LogP contribution is -2.30. The van der Waals surface area contributed by atoms with Crippen LogP contribution in [0.25, 0.3) is 0 Å². The van der Waals surface area contributed by atoms with E-state index in [1.54, 1.807) is 0 Å². The van der Waals surface area contributed by atoms with Crippen LogP contribution in [0, 0.1) is 0 Å². The zero-order valence-electron chi connectivity index (χ0n) is 12.5. The number of hydrogen-bond donors (Lipinski definition) is 1. The third kappa shape index (κ3) is 4.59. The van der Waals surface area contributed by atoms with E-state index in [1.807, 2.05) is 11.3 Å². The Morgan fingerprint density at radius 3 is 3.00 bits per heavy atom. The summed E-state index contributed by atoms with van der Waals surface area (Å²) in [5.41, 5.74) is 1.53. The second kappa shape index (κ2) is 8.03. The van der Waals surface area contributed by atoms with Gasteiger partial charge in [-0.05, 0) is 68.7 Å². The standard InChI is InChI=1S/C16H28N2S/c1-3-9-18-10-5-6-15(7-11-18)17-13-16-14(4-2)8-12-19-16/h8,12,15,17H,3-7,9-11,13H2,1-2H3. The monoisotopic (exact) mass is 280 g/mol. The van der Waals surface area contributed by atoms with Gasteiger partial charge in [0.25, 0.3) is 0 Å². The zero-order valence-corrected chi connectivity index (χ0v) is 13.3. The first-order valence-electron chi connectivity index (χ1n) is 7.84. The van der Waals surface area contributed by atoms with Crippen molar-refractivity contribution in [3.05, 3.63) is 21.9 Å². The second-order valence-electron chi connectivity index (χ2n) is 5.57. The molecule has 1 aliphatic rings. The normalized spacial score (nSPS) is 21.5. The van der Waals surface area contributed by atoms with Gasteiger partial charge in [-0.1, -0.05) is 13.8 Å². The molecule has 1 unspecified atom stereocenters. The SMILES string of the molecule is CCCN1CCCC(NCc2sccc2CC)CC1. The molecule has 0 amide bonds. The Morgan fingerprint density at radius 1 is 1.32 bits per heavy atom. The average molecular weight is 280 g/mol. The van der Waals surface area contributed by atoms with Gasteiger partial charge >= 0.3 is 0 Å². The highest BCUT2D eigenvalue weighted by atomic mass is 32.1. The van der Waals surface area contributed by atoms with Gasteiger partial charge in [0, 0.05) is 17.5 Å². The number of nitrogens with one attached hydrogen (secondary N) is 1. The number of hydrogen-bond acceptors (Lipinski definition) is 3. The van der Waals surface area contributed by atoms with Crippen molar-refractivity contribution in [2.75, 3.05) is 19.6 Å². The molecule has 108 valence electrons. The minimum Gasteiger partial charge on any atom is -0.309 e. The van der Waals surface area contributed by atoms with E-state index in [1.165, 1.54) is 55.8 Å². The van der Waals surface area contributed by atoms with Crippen molar-refractivity contribution in [3.63, 3.8) is 0 Å². The van der Waals surface area contributed by atoms with E-state index in [4.69, 9.17) is 0 Å². The summed E-state index contributed by atoms with van der Waals surface area (Å²) in [4.78, 5) is 4.17. The van der Waals surface area contributed by atoms with Crippen LogP contribution < -0.4 is 5.32 Å². The van der Waals surface area contributed by atoms with Crippen LogP contribution in [-0.2, 0) is 13.0 Å². The molecule has 2 rings (SSSR count). The van der Waals surface area contributed by atoms with Crippen molar-refractivity contribution in [2.45, 2.75) is 58.5 Å². The first-order chi connectivity index (χ1) is 9.33. The molecule has 2 nitrogen and oxygen atoms in total. The first-order valence-corrected chi connectivity index (χ1v) is 8.72. The van der Waals surface area contributed by atoms with Gasteiger partial charge in [-0.3, -0.25) is 0 Å². The number of rotatable bonds is 6. The van der Waals surface area contributed by atoms with Gasteiger partial charge in [-0.25, -0.2) is 0 Å². The number of thiophene rings is 1. The maximum atomic E-state index is 3.79. The van der Waals surface area contributed by atoms with Crippen molar-refractivity contribution in [3.8, 4) is 0 Å². The fourth-order valence-electron chi connectivity index (χ4n) is 2.97. The summed E-state index contributed by atoms with van der Waals surface area (Å²) >= 11 is 1.90. The fraction of sp³-hybridized carbons (Fsp3) is 0.750. The Morgan fingerprint density at radius 2 is 2.21 bits per heavy atom. The summed E-state index contributed by atoms with van der Waals surface area (Å²) in [6.45, 7) is 9.45. The third-order valence-corrected chi connectivity index (χ3v) is 5.09. The molecular weight excluding hydrogens is 252 g/mol. The molecule has 1 aromatic heterocycles. The van der Waals surface area contributed by atoms with Crippen LogP contribution in [0.5, 0.6) is 0 Å². The molecule has 0 aliphatic carbocycles. The molecule has 0 spiro atoms. The molecule has 1 N–H and O–H groups in total. The number of likely N-dealkylation sites (tertiary alicyclic amines) is 1. The van der Waals surface area contributed by atoms with Crippen LogP contribution >= 0.6 is 11.3 Å². The molecule has 2 heterocycles. The van der Waals surface area contributed by atoms with Crippen LogP contribution in [-0.4, -0.2) is 30.6 Å². The molecule has 19 heavy (non-hydrogen) atoms. The van der Waals surface area contributed by atoms with Gasteiger partial charge in [0.15, 0.2) is 0 Å². The van der Waals surface area contributed by atoms with E-state index in [-0.39, 0.29) is 0 Å². The zero-order chi connectivity index (χ0) is 13.5. The summed E-state index contributed by atoms with van der Waals surface area (Å²) < 4.78 is 0. The minimum absolute atomic E-state index is 0.716. The Bertz CT molecular complexity index is 361. The minimum atomic E-state index is 0.716. The Hall–Kier alpha value is -0.380. The molecule has 0 bridgehead atoms. The van der Waals surface area contributed by atoms with Gasteiger partial charge in [0.05, 0.1) is 0 Å². The summed E-state index contributed by atoms with van der Waals surface area (Å²) in [5.74, 6) is 0. The average Bonchev–Trinajstić information content (AvgIpc) is 2.77. The van der Waals surface area contributed by atoms with Crippen LogP contribution in [0.3, 0.4) is 0 Å². The predicted molar refractivity (Wildman–Crippen MR) is 84.9 cm³/mol. The lowest BCUT2D eigenvalue weighted by molar-refractivity contribution is 0.282. The van der Waals surface area contributed by atoms with Gasteiger partial charge in [0.1, 0.15) is 0 Å². The summed E-state index contributed by atoms with van der Waals surface area (Å²) in [6.07, 6.45) is 6.45. The van der Waals surface area contributed by atoms with E-state index < -0.39 is 0 Å². The van der Waals surface area contributed by atoms with Gasteiger partial charge in [-0.2, -0.15) is 0 Å². The molecule has 3 heteroatoms. The Balaban J connectivity index is 1.77. The smallest absolute Gasteiger partial charge is 0.0305 e. The van der Waals surface area contributed by atoms with E-state index in [9.17, 15) is 0 Å². The molecule has 1 aliphatic heterocycles. The lowest BCUT2D eigenvalue weighted by Gasteiger charge is -2.19. The molecule has 1 aromatic rings. The highest BCUT2D eigenvalue weighted by molar-refractivity contribution is 7.10. The van der Waals surface area contributed by atoms with Crippen molar-refractivity contribution in [1.29, 1.82) is 0 Å². The summed E-state index contributed by atoms with van der Waals surface area (Å²) in [5, 5.41) is 6.01. The molecule has 1 atom stereocenters. The van der Waals surface area contributed by atoms with Gasteiger partial charge in [-0.15, -0.1) is 11.3 Å². The Labute approximate surface area is 122 Å². The van der Waals surface area contributed by atoms with E-state index in [0.717, 1.165) is 13.0 Å². The first kappa shape index (κ1) is 15.0. The quantitative estimate of drug-likeness (QED) is 0.855. The van der Waals surface area contributed by atoms with Crippen molar-refractivity contribution in [2.24, 2.45) is 0 Å². The van der Waals surface area contributed by atoms with E-state index in [0.29, 0.717) is 6.04 Å². The van der Waals surface area contributed by atoms with Crippen LogP contribution in [0.2, 0.25) is 0 Å². The lowest BCUT2D eigenvalue weighted by atomic mass is 10.1. The van der Waals surface area contributed by atoms with Crippen molar-refractivity contribution < 1.29 is 0 Å². The molecule has 0 aromatic carbocycles. The largest absolute Gasteiger partial charge is 0.309 e. The second-order valence-corrected chi connectivity index (χ2v) is 6.57. The highest BCUT2D eigenvalue weighted by Crippen LogP contribution is 2.18. The molecule has 0 radical (unpaired) electrons. The van der Waals surface area contributed by atoms with Crippen molar-refractivity contribution in [1.82, 2.24) is 10.2 Å². The molecular formula is C16H28N2S. The van der Waals surface area contributed by atoms with Crippen LogP contribution in [0.4, 0.5) is 0 Å². The van der Waals surface area contributed by atoms with Crippen LogP contribution in [0.15, 0.2) is 11.4 Å². The summed E-state index contributed by atoms with van der Waals surface area (Å²) in [6, 6.07) is 2.99. The summed E-state index contributed by atoms with van der Waals surface area (Å²) in [7, 11) is 0. The predicted octanol–water partition coefficient (Wildman–Crippen LogP) is 3.66. The fourth-order valence-corrected chi connectivity index (χ4v) is 3.90. The van der Waals surface area contributed by atoms with Gasteiger partial charge < -0.3 is 10.2 Å². The topological polar surface area (TPSA) is 15.3 Å². The van der Waals surface area contributed by atoms with Gasteiger partial charge in [0.2, 0.25) is 0 Å². The van der Waals surface area contributed by atoms with E-state index in [2.05, 4.69) is 35.5 Å². The van der Waals surface area contributed by atoms with Crippen molar-refractivity contribution >= 4 is 11.3 Å². The third-order valence-electron chi connectivity index (χ3n) is 4.13. The Kier molecular flexibility index (Phi) is 6.35. The molecule has 1 fully saturated rings. The van der Waals surface area contributed by atoms with Crippen LogP contribution in [0.1, 0.15) is 50.0 Å². The molecule has 0 saturated carbocycles. The molecule has 1 saturated heterocycles. The number of nitrogens with zero attached hydrogens (tertiary/aromatic N) is 1.